The number of hydrogen-bond donors (Lipinski definition) is 1. The maximum atomic E-state index is 5.47. The van der Waals surface area contributed by atoms with Crippen LogP contribution in [0.25, 0.3) is 0 Å². The van der Waals surface area contributed by atoms with Crippen LogP contribution in [0.2, 0.25) is 0 Å². The molecule has 4 rings (SSSR count). The molecular formula is C23H29N5OS. The van der Waals surface area contributed by atoms with Crippen molar-refractivity contribution in [3.05, 3.63) is 41.1 Å². The van der Waals surface area contributed by atoms with Gasteiger partial charge in [0.15, 0.2) is 0 Å². The Morgan fingerprint density at radius 3 is 2.63 bits per heavy atom. The minimum atomic E-state index is 0.688. The lowest BCUT2D eigenvalue weighted by molar-refractivity contribution is 0.122. The molecule has 1 aliphatic carbocycles. The van der Waals surface area contributed by atoms with Gasteiger partial charge in [0.05, 0.1) is 35.9 Å². The number of morpholine rings is 1. The van der Waals surface area contributed by atoms with Gasteiger partial charge in [-0.05, 0) is 44.7 Å². The second kappa shape index (κ2) is 10.1. The van der Waals surface area contributed by atoms with E-state index in [2.05, 4.69) is 42.5 Å². The predicted octanol–water partition coefficient (Wildman–Crippen LogP) is 4.12. The molecule has 3 heterocycles. The van der Waals surface area contributed by atoms with Crippen LogP contribution in [0.1, 0.15) is 54.6 Å². The van der Waals surface area contributed by atoms with Crippen LogP contribution >= 0.6 is 11.9 Å². The first-order chi connectivity index (χ1) is 14.7. The van der Waals surface area contributed by atoms with Gasteiger partial charge in [0.25, 0.3) is 0 Å². The lowest BCUT2D eigenvalue weighted by Gasteiger charge is -2.28. The molecule has 0 aromatic carbocycles. The summed E-state index contributed by atoms with van der Waals surface area (Å²) in [5, 5.41) is 0.688. The minimum Gasteiger partial charge on any atom is -0.378 e. The van der Waals surface area contributed by atoms with Crippen LogP contribution in [0.4, 0.5) is 11.5 Å². The molecule has 30 heavy (non-hydrogen) atoms. The van der Waals surface area contributed by atoms with Gasteiger partial charge in [-0.2, -0.15) is 0 Å². The second-order valence-electron chi connectivity index (χ2n) is 7.84. The Morgan fingerprint density at radius 2 is 1.83 bits per heavy atom. The number of ether oxygens (including phenoxy) is 1. The van der Waals surface area contributed by atoms with Gasteiger partial charge in [0.1, 0.15) is 12.1 Å². The zero-order valence-corrected chi connectivity index (χ0v) is 18.6. The molecule has 2 fully saturated rings. The summed E-state index contributed by atoms with van der Waals surface area (Å²) in [4.78, 5) is 15.6. The lowest BCUT2D eigenvalue weighted by Crippen LogP contribution is -2.37. The van der Waals surface area contributed by atoms with E-state index in [1.165, 1.54) is 32.1 Å². The van der Waals surface area contributed by atoms with E-state index < -0.39 is 0 Å². The Morgan fingerprint density at radius 1 is 1.03 bits per heavy atom. The molecule has 1 saturated carbocycles. The van der Waals surface area contributed by atoms with E-state index in [0.29, 0.717) is 18.5 Å². The molecule has 0 radical (unpaired) electrons. The molecule has 7 heteroatoms. The van der Waals surface area contributed by atoms with Crippen molar-refractivity contribution < 1.29 is 4.74 Å². The maximum absolute atomic E-state index is 5.47. The molecule has 0 atom stereocenters. The number of pyridine rings is 1. The minimum absolute atomic E-state index is 0.688. The Hall–Kier alpha value is -2.30. The SMILES string of the molecule is Cc1ncc(C#Cc2c(C)ncnc2N2CCOCC2)cc1NSC1CCCCC1. The molecule has 2 aliphatic rings. The number of nitrogens with one attached hydrogen (secondary N) is 1. The van der Waals surface area contributed by atoms with Gasteiger partial charge < -0.3 is 14.4 Å². The van der Waals surface area contributed by atoms with Gasteiger partial charge in [0.2, 0.25) is 0 Å². The smallest absolute Gasteiger partial charge is 0.148 e. The van der Waals surface area contributed by atoms with Crippen LogP contribution in [-0.4, -0.2) is 46.5 Å². The van der Waals surface area contributed by atoms with Crippen molar-refractivity contribution in [3.8, 4) is 11.8 Å². The van der Waals surface area contributed by atoms with Crippen molar-refractivity contribution in [2.45, 2.75) is 51.2 Å². The highest BCUT2D eigenvalue weighted by molar-refractivity contribution is 8.01. The van der Waals surface area contributed by atoms with Crippen molar-refractivity contribution >= 4 is 23.5 Å². The van der Waals surface area contributed by atoms with Crippen molar-refractivity contribution in [2.75, 3.05) is 35.9 Å². The summed E-state index contributed by atoms with van der Waals surface area (Å²) in [6, 6.07) is 2.10. The Balaban J connectivity index is 1.52. The summed E-state index contributed by atoms with van der Waals surface area (Å²) in [6.45, 7) is 7.09. The van der Waals surface area contributed by atoms with Gasteiger partial charge in [-0.25, -0.2) is 9.97 Å². The first-order valence-corrected chi connectivity index (χ1v) is 11.6. The fourth-order valence-corrected chi connectivity index (χ4v) is 4.86. The summed E-state index contributed by atoms with van der Waals surface area (Å²) in [5.41, 5.74) is 4.71. The van der Waals surface area contributed by atoms with E-state index in [-0.39, 0.29) is 0 Å². The van der Waals surface area contributed by atoms with E-state index in [1.54, 1.807) is 6.33 Å². The van der Waals surface area contributed by atoms with Crippen LogP contribution < -0.4 is 9.62 Å². The standard InChI is InChI=1S/C23H29N5OS/c1-17-21(23(26-16-25-17)28-10-12-29-13-11-28)9-8-19-14-22(18(2)24-15-19)27-30-20-6-4-3-5-7-20/h14-16,20,27H,3-7,10-13H2,1-2H3. The maximum Gasteiger partial charge on any atom is 0.148 e. The number of aryl methyl sites for hydroxylation is 2. The Bertz CT molecular complexity index is 927. The molecule has 1 aliphatic heterocycles. The molecule has 0 amide bonds. The van der Waals surface area contributed by atoms with Gasteiger partial charge in [0, 0.05) is 30.1 Å². The van der Waals surface area contributed by atoms with Crippen LogP contribution in [0.5, 0.6) is 0 Å². The number of nitrogens with zero attached hydrogens (tertiary/aromatic N) is 4. The lowest BCUT2D eigenvalue weighted by atomic mass is 10.0. The van der Waals surface area contributed by atoms with Crippen molar-refractivity contribution in [3.63, 3.8) is 0 Å². The number of anilines is 2. The third-order valence-corrected chi connectivity index (χ3v) is 6.78. The molecule has 0 spiro atoms. The summed E-state index contributed by atoms with van der Waals surface area (Å²) >= 11 is 1.83. The summed E-state index contributed by atoms with van der Waals surface area (Å²) in [6.07, 6.45) is 10.1. The van der Waals surface area contributed by atoms with E-state index in [0.717, 1.165) is 47.1 Å². The molecule has 2 aromatic heterocycles. The normalized spacial score (nSPS) is 17.3. The average molecular weight is 424 g/mol. The fourth-order valence-electron chi connectivity index (χ4n) is 3.79. The molecule has 0 unspecified atom stereocenters. The number of hydrogen-bond acceptors (Lipinski definition) is 7. The zero-order valence-electron chi connectivity index (χ0n) is 17.8. The summed E-state index contributed by atoms with van der Waals surface area (Å²) < 4.78 is 9.01. The largest absolute Gasteiger partial charge is 0.378 e. The molecule has 0 bridgehead atoms. The van der Waals surface area contributed by atoms with Crippen LogP contribution in [0.15, 0.2) is 18.6 Å². The molecule has 1 N–H and O–H groups in total. The van der Waals surface area contributed by atoms with Gasteiger partial charge in [-0.1, -0.05) is 31.1 Å². The highest BCUT2D eigenvalue weighted by Crippen LogP contribution is 2.30. The molecular weight excluding hydrogens is 394 g/mol. The van der Waals surface area contributed by atoms with E-state index in [9.17, 15) is 0 Å². The summed E-state index contributed by atoms with van der Waals surface area (Å²) in [7, 11) is 0. The predicted molar refractivity (Wildman–Crippen MR) is 123 cm³/mol. The van der Waals surface area contributed by atoms with E-state index in [1.807, 2.05) is 32.0 Å². The number of aromatic nitrogens is 3. The first kappa shape index (κ1) is 21.0. The third kappa shape index (κ3) is 5.24. The van der Waals surface area contributed by atoms with E-state index >= 15 is 0 Å². The summed E-state index contributed by atoms with van der Waals surface area (Å²) in [5.74, 6) is 7.50. The van der Waals surface area contributed by atoms with Crippen molar-refractivity contribution in [1.29, 1.82) is 0 Å². The van der Waals surface area contributed by atoms with Crippen LogP contribution in [-0.2, 0) is 4.74 Å². The van der Waals surface area contributed by atoms with Crippen LogP contribution in [0.3, 0.4) is 0 Å². The first-order valence-electron chi connectivity index (χ1n) is 10.8. The highest BCUT2D eigenvalue weighted by Gasteiger charge is 2.17. The average Bonchev–Trinajstić information content (AvgIpc) is 2.79. The number of rotatable bonds is 4. The fraction of sp³-hybridized carbons (Fsp3) is 0.522. The van der Waals surface area contributed by atoms with Gasteiger partial charge in [-0.15, -0.1) is 0 Å². The topological polar surface area (TPSA) is 63.2 Å². The molecule has 6 nitrogen and oxygen atoms in total. The van der Waals surface area contributed by atoms with Gasteiger partial charge in [-0.3, -0.25) is 4.98 Å². The zero-order chi connectivity index (χ0) is 20.8. The van der Waals surface area contributed by atoms with Crippen molar-refractivity contribution in [2.24, 2.45) is 0 Å². The second-order valence-corrected chi connectivity index (χ2v) is 8.95. The molecule has 2 aromatic rings. The van der Waals surface area contributed by atoms with Crippen LogP contribution in [0, 0.1) is 25.7 Å². The molecule has 1 saturated heterocycles. The molecule has 158 valence electrons. The van der Waals surface area contributed by atoms with Gasteiger partial charge >= 0.3 is 0 Å². The van der Waals surface area contributed by atoms with Crippen molar-refractivity contribution in [1.82, 2.24) is 15.0 Å². The third-order valence-electron chi connectivity index (χ3n) is 5.63. The monoisotopic (exact) mass is 423 g/mol. The highest BCUT2D eigenvalue weighted by atomic mass is 32.2. The quantitative estimate of drug-likeness (QED) is 0.586. The Labute approximate surface area is 183 Å². The van der Waals surface area contributed by atoms with E-state index in [4.69, 9.17) is 4.74 Å². The Kier molecular flexibility index (Phi) is 7.08.